The second-order valence-corrected chi connectivity index (χ2v) is 8.94. The standard InChI is InChI=1S/C26H16Cl2FN5O3/c1-14-23(13-30)32-34(26(36)31-14)18-11-21(27)24(22(28)12-18)37-19-6-7-20-15(10-19)8-9-33(25(20)35)17-4-2-16(29)3-5-17/h2-7,10-12H,1,8-9H2,(H,31,36). The van der Waals surface area contributed by atoms with Crippen molar-refractivity contribution in [1.82, 2.24) is 5.32 Å². The first-order valence-electron chi connectivity index (χ1n) is 10.9. The number of allylic oxidation sites excluding steroid dienone is 1. The largest absolute Gasteiger partial charge is 0.454 e. The first-order valence-corrected chi connectivity index (χ1v) is 11.7. The van der Waals surface area contributed by atoms with E-state index in [0.29, 0.717) is 30.0 Å². The molecule has 0 bridgehead atoms. The molecule has 5 rings (SSSR count). The van der Waals surface area contributed by atoms with Gasteiger partial charge in [0.05, 0.1) is 21.4 Å². The highest BCUT2D eigenvalue weighted by Crippen LogP contribution is 2.41. The quantitative estimate of drug-likeness (QED) is 0.439. The summed E-state index contributed by atoms with van der Waals surface area (Å²) in [5.74, 6) is -0.00587. The van der Waals surface area contributed by atoms with Gasteiger partial charge in [0.1, 0.15) is 17.6 Å². The molecule has 0 radical (unpaired) electrons. The van der Waals surface area contributed by atoms with Crippen molar-refractivity contribution in [1.29, 1.82) is 5.26 Å². The molecule has 3 amide bonds. The Kier molecular flexibility index (Phi) is 6.29. The van der Waals surface area contributed by atoms with E-state index in [0.717, 1.165) is 10.6 Å². The summed E-state index contributed by atoms with van der Waals surface area (Å²) in [4.78, 5) is 27.0. The summed E-state index contributed by atoms with van der Waals surface area (Å²) in [7, 11) is 0. The number of nitrogens with one attached hydrogen (secondary N) is 1. The Balaban J connectivity index is 1.39. The zero-order valence-corrected chi connectivity index (χ0v) is 20.5. The third kappa shape index (κ3) is 4.60. The fourth-order valence-corrected chi connectivity index (χ4v) is 4.54. The molecular formula is C26H16Cl2FN5O3. The van der Waals surface area contributed by atoms with Crippen LogP contribution in [0.15, 0.2) is 72.0 Å². The van der Waals surface area contributed by atoms with Crippen LogP contribution in [0, 0.1) is 17.1 Å². The summed E-state index contributed by atoms with van der Waals surface area (Å²) in [6.07, 6.45) is 0.560. The molecule has 0 spiro atoms. The van der Waals surface area contributed by atoms with Crippen molar-refractivity contribution in [2.24, 2.45) is 5.10 Å². The average Bonchev–Trinajstić information content (AvgIpc) is 2.87. The molecule has 0 saturated carbocycles. The number of amides is 3. The lowest BCUT2D eigenvalue weighted by atomic mass is 9.98. The maximum Gasteiger partial charge on any atom is 0.347 e. The van der Waals surface area contributed by atoms with Crippen LogP contribution in [0.2, 0.25) is 10.0 Å². The first-order chi connectivity index (χ1) is 17.7. The number of hydrogen-bond acceptors (Lipinski definition) is 5. The van der Waals surface area contributed by atoms with Crippen molar-refractivity contribution in [3.05, 3.63) is 93.9 Å². The molecule has 11 heteroatoms. The van der Waals surface area contributed by atoms with E-state index in [1.165, 1.54) is 24.3 Å². The Hall–Kier alpha value is -4.39. The monoisotopic (exact) mass is 535 g/mol. The Labute approximate surface area is 220 Å². The Bertz CT molecular complexity index is 1530. The van der Waals surface area contributed by atoms with Gasteiger partial charge in [-0.05, 0) is 66.6 Å². The van der Waals surface area contributed by atoms with E-state index in [1.54, 1.807) is 35.2 Å². The van der Waals surface area contributed by atoms with Crippen LogP contribution in [0.3, 0.4) is 0 Å². The molecule has 2 aliphatic heterocycles. The maximum atomic E-state index is 13.3. The van der Waals surface area contributed by atoms with E-state index in [2.05, 4.69) is 17.0 Å². The highest BCUT2D eigenvalue weighted by molar-refractivity contribution is 6.37. The lowest BCUT2D eigenvalue weighted by Crippen LogP contribution is -2.42. The number of urea groups is 1. The number of anilines is 2. The number of halogens is 3. The van der Waals surface area contributed by atoms with Gasteiger partial charge in [-0.2, -0.15) is 15.4 Å². The number of benzene rings is 3. The predicted molar refractivity (Wildman–Crippen MR) is 138 cm³/mol. The zero-order valence-electron chi connectivity index (χ0n) is 19.0. The van der Waals surface area contributed by atoms with Gasteiger partial charge in [0.2, 0.25) is 0 Å². The smallest absolute Gasteiger partial charge is 0.347 e. The number of fused-ring (bicyclic) bond motifs is 1. The van der Waals surface area contributed by atoms with Crippen LogP contribution >= 0.6 is 23.2 Å². The third-order valence-corrected chi connectivity index (χ3v) is 6.35. The highest BCUT2D eigenvalue weighted by atomic mass is 35.5. The lowest BCUT2D eigenvalue weighted by Gasteiger charge is -2.29. The van der Waals surface area contributed by atoms with Crippen LogP contribution in [0.1, 0.15) is 15.9 Å². The normalized spacial score (nSPS) is 15.1. The number of nitrogens with zero attached hydrogens (tertiary/aromatic N) is 4. The minimum Gasteiger partial charge on any atom is -0.454 e. The van der Waals surface area contributed by atoms with Crippen LogP contribution in [-0.4, -0.2) is 24.2 Å². The van der Waals surface area contributed by atoms with E-state index < -0.39 is 6.03 Å². The Morgan fingerprint density at radius 2 is 1.76 bits per heavy atom. The molecule has 37 heavy (non-hydrogen) atoms. The molecule has 2 heterocycles. The maximum absolute atomic E-state index is 13.3. The predicted octanol–water partition coefficient (Wildman–Crippen LogP) is 6.05. The lowest BCUT2D eigenvalue weighted by molar-refractivity contribution is 0.0980. The van der Waals surface area contributed by atoms with Crippen molar-refractivity contribution < 1.29 is 18.7 Å². The van der Waals surface area contributed by atoms with Gasteiger partial charge in [0.25, 0.3) is 5.91 Å². The van der Waals surface area contributed by atoms with E-state index >= 15 is 0 Å². The molecule has 1 N–H and O–H groups in total. The molecule has 184 valence electrons. The Morgan fingerprint density at radius 3 is 2.43 bits per heavy atom. The molecule has 8 nitrogen and oxygen atoms in total. The van der Waals surface area contributed by atoms with Crippen LogP contribution in [-0.2, 0) is 6.42 Å². The minimum atomic E-state index is -0.626. The summed E-state index contributed by atoms with van der Waals surface area (Å²) in [6, 6.07) is 14.9. The minimum absolute atomic E-state index is 0.0613. The van der Waals surface area contributed by atoms with Gasteiger partial charge in [-0.1, -0.05) is 29.8 Å². The van der Waals surface area contributed by atoms with E-state index in [-0.39, 0.29) is 44.6 Å². The number of ether oxygens (including phenoxy) is 1. The summed E-state index contributed by atoms with van der Waals surface area (Å²) >= 11 is 12.9. The molecule has 0 aliphatic carbocycles. The molecule has 2 aliphatic rings. The van der Waals surface area contributed by atoms with Crippen LogP contribution in [0.4, 0.5) is 20.6 Å². The van der Waals surface area contributed by atoms with Crippen molar-refractivity contribution in [2.75, 3.05) is 16.5 Å². The van der Waals surface area contributed by atoms with Gasteiger partial charge < -0.3 is 15.0 Å². The first kappa shape index (κ1) is 24.3. The fourth-order valence-electron chi connectivity index (χ4n) is 3.99. The van der Waals surface area contributed by atoms with Crippen LogP contribution < -0.4 is 20.0 Å². The molecule has 0 saturated heterocycles. The van der Waals surface area contributed by atoms with E-state index in [1.807, 2.05) is 6.07 Å². The summed E-state index contributed by atoms with van der Waals surface area (Å²) < 4.78 is 19.2. The highest BCUT2D eigenvalue weighted by Gasteiger charge is 2.28. The number of rotatable bonds is 4. The fraction of sp³-hybridized carbons (Fsp3) is 0.0769. The van der Waals surface area contributed by atoms with Gasteiger partial charge in [-0.25, -0.2) is 9.18 Å². The van der Waals surface area contributed by atoms with Crippen LogP contribution in [0.5, 0.6) is 11.5 Å². The number of carbonyl (C=O) groups excluding carboxylic acids is 2. The van der Waals surface area contributed by atoms with Crippen molar-refractivity contribution in [3.63, 3.8) is 0 Å². The number of nitriles is 1. The van der Waals surface area contributed by atoms with Crippen molar-refractivity contribution in [3.8, 4) is 17.6 Å². The Morgan fingerprint density at radius 1 is 1.05 bits per heavy atom. The van der Waals surface area contributed by atoms with Gasteiger partial charge in [0.15, 0.2) is 11.5 Å². The number of hydrazone groups is 1. The second kappa shape index (κ2) is 9.58. The number of hydrogen-bond donors (Lipinski definition) is 1. The van der Waals surface area contributed by atoms with Crippen molar-refractivity contribution in [2.45, 2.75) is 6.42 Å². The summed E-state index contributed by atoms with van der Waals surface area (Å²) in [5.41, 5.74) is 2.17. The van der Waals surface area contributed by atoms with Crippen molar-refractivity contribution >= 4 is 52.2 Å². The molecular weight excluding hydrogens is 520 g/mol. The van der Waals surface area contributed by atoms with Gasteiger partial charge in [0, 0.05) is 17.8 Å². The van der Waals surface area contributed by atoms with Crippen LogP contribution in [0.25, 0.3) is 0 Å². The van der Waals surface area contributed by atoms with Gasteiger partial charge in [-0.15, -0.1) is 0 Å². The molecule has 0 aromatic heterocycles. The van der Waals surface area contributed by atoms with Gasteiger partial charge in [-0.3, -0.25) is 4.79 Å². The molecule has 0 unspecified atom stereocenters. The van der Waals surface area contributed by atoms with E-state index in [4.69, 9.17) is 27.9 Å². The molecule has 3 aromatic rings. The van der Waals surface area contributed by atoms with Gasteiger partial charge >= 0.3 is 6.03 Å². The summed E-state index contributed by atoms with van der Waals surface area (Å²) in [5, 5.41) is 16.8. The van der Waals surface area contributed by atoms with E-state index in [9.17, 15) is 19.2 Å². The second-order valence-electron chi connectivity index (χ2n) is 8.12. The number of carbonyl (C=O) groups is 2. The molecule has 0 atom stereocenters. The third-order valence-electron chi connectivity index (χ3n) is 5.78. The molecule has 0 fully saturated rings. The summed E-state index contributed by atoms with van der Waals surface area (Å²) in [6.45, 7) is 4.00. The molecule has 3 aromatic carbocycles. The topological polar surface area (TPSA) is 98.0 Å². The zero-order chi connectivity index (χ0) is 26.3. The SMILES string of the molecule is C=C1NC(=O)N(c2cc(Cl)c(Oc3ccc4c(c3)CCN(c3ccc(F)cc3)C4=O)c(Cl)c2)N=C1C#N. The average molecular weight is 536 g/mol.